The van der Waals surface area contributed by atoms with Gasteiger partial charge in [-0.1, -0.05) is 6.07 Å². The molecule has 2 N–H and O–H groups in total. The van der Waals surface area contributed by atoms with Crippen LogP contribution in [0.1, 0.15) is 24.8 Å². The summed E-state index contributed by atoms with van der Waals surface area (Å²) in [7, 11) is 3.16. The highest BCUT2D eigenvalue weighted by Gasteiger charge is 2.34. The summed E-state index contributed by atoms with van der Waals surface area (Å²) < 4.78 is 10.5. The number of nitrogens with zero attached hydrogens (tertiary/aromatic N) is 1. The van der Waals surface area contributed by atoms with Gasteiger partial charge in [0.05, 0.1) is 27.4 Å². The number of methoxy groups -OCH3 is 2. The molecule has 0 radical (unpaired) electrons. The number of aliphatic hydroxyl groups is 2. The van der Waals surface area contributed by atoms with Gasteiger partial charge in [-0.25, -0.2) is 0 Å². The number of carbonyl (C=O) groups is 1. The summed E-state index contributed by atoms with van der Waals surface area (Å²) in [5.74, 6) is 1.29. The van der Waals surface area contributed by atoms with Crippen LogP contribution in [0, 0.1) is 0 Å². The summed E-state index contributed by atoms with van der Waals surface area (Å²) >= 11 is 0. The molecule has 1 saturated heterocycles. The maximum absolute atomic E-state index is 12.3. The molecule has 1 atom stereocenters. The monoisotopic (exact) mass is 323 g/mol. The summed E-state index contributed by atoms with van der Waals surface area (Å²) in [4.78, 5) is 14.0. The number of hydrogen-bond donors (Lipinski definition) is 2. The first-order valence-corrected chi connectivity index (χ1v) is 7.83. The van der Waals surface area contributed by atoms with Crippen molar-refractivity contribution < 1.29 is 24.5 Å². The molecule has 0 saturated carbocycles. The predicted octanol–water partition coefficient (Wildman–Crippen LogP) is 0.982. The minimum absolute atomic E-state index is 0.00800. The topological polar surface area (TPSA) is 79.2 Å². The van der Waals surface area contributed by atoms with Gasteiger partial charge in [0.25, 0.3) is 0 Å². The van der Waals surface area contributed by atoms with E-state index in [1.165, 1.54) is 0 Å². The maximum Gasteiger partial charge on any atom is 0.223 e. The molecular formula is C17H25NO5. The Kier molecular flexibility index (Phi) is 5.85. The van der Waals surface area contributed by atoms with Crippen molar-refractivity contribution >= 4 is 5.91 Å². The van der Waals surface area contributed by atoms with E-state index in [4.69, 9.17) is 9.47 Å². The second kappa shape index (κ2) is 7.66. The molecule has 1 aromatic carbocycles. The van der Waals surface area contributed by atoms with E-state index in [1.54, 1.807) is 19.1 Å². The molecular weight excluding hydrogens is 298 g/mol. The second-order valence-electron chi connectivity index (χ2n) is 5.99. The number of ether oxygens (including phenoxy) is 2. The molecule has 1 aliphatic rings. The molecule has 0 spiro atoms. The molecule has 1 amide bonds. The van der Waals surface area contributed by atoms with Gasteiger partial charge in [0.1, 0.15) is 5.60 Å². The Bertz CT molecular complexity index is 548. The lowest BCUT2D eigenvalue weighted by molar-refractivity contribution is -0.140. The largest absolute Gasteiger partial charge is 0.493 e. The first kappa shape index (κ1) is 17.6. The Hall–Kier alpha value is -1.79. The van der Waals surface area contributed by atoms with Gasteiger partial charge >= 0.3 is 0 Å². The van der Waals surface area contributed by atoms with Crippen LogP contribution in [0.5, 0.6) is 11.5 Å². The fourth-order valence-electron chi connectivity index (χ4n) is 2.90. The Morgan fingerprint density at radius 3 is 2.70 bits per heavy atom. The summed E-state index contributed by atoms with van der Waals surface area (Å²) in [5, 5.41) is 19.4. The van der Waals surface area contributed by atoms with Crippen LogP contribution in [0.2, 0.25) is 0 Å². The number of carbonyl (C=O) groups excluding carboxylic acids is 1. The molecule has 1 aliphatic heterocycles. The van der Waals surface area contributed by atoms with Crippen LogP contribution in [-0.2, 0) is 11.2 Å². The Morgan fingerprint density at radius 2 is 2.04 bits per heavy atom. The first-order chi connectivity index (χ1) is 11.0. The van der Waals surface area contributed by atoms with Crippen molar-refractivity contribution in [2.24, 2.45) is 0 Å². The molecule has 0 aliphatic carbocycles. The summed E-state index contributed by atoms with van der Waals surface area (Å²) in [6.45, 7) is 0.522. The number of aryl methyl sites for hydroxylation is 1. The molecule has 0 bridgehead atoms. The number of piperidine rings is 1. The molecule has 2 rings (SSSR count). The van der Waals surface area contributed by atoms with Gasteiger partial charge in [-0.3, -0.25) is 4.79 Å². The molecule has 23 heavy (non-hydrogen) atoms. The van der Waals surface area contributed by atoms with Crippen molar-refractivity contribution in [3.63, 3.8) is 0 Å². The number of benzene rings is 1. The van der Waals surface area contributed by atoms with Crippen LogP contribution in [0.4, 0.5) is 0 Å². The summed E-state index contributed by atoms with van der Waals surface area (Å²) in [6, 6.07) is 5.60. The lowest BCUT2D eigenvalue weighted by atomic mass is 9.93. The van der Waals surface area contributed by atoms with Gasteiger partial charge < -0.3 is 24.6 Å². The highest BCUT2D eigenvalue weighted by Crippen LogP contribution is 2.28. The number of amides is 1. The number of aliphatic hydroxyl groups excluding tert-OH is 1. The van der Waals surface area contributed by atoms with Gasteiger partial charge in [0.15, 0.2) is 11.5 Å². The van der Waals surface area contributed by atoms with Crippen molar-refractivity contribution in [1.82, 2.24) is 4.90 Å². The lowest BCUT2D eigenvalue weighted by Gasteiger charge is -2.38. The number of likely N-dealkylation sites (tertiary alicyclic amines) is 1. The zero-order chi connectivity index (χ0) is 16.9. The van der Waals surface area contributed by atoms with Gasteiger partial charge in [-0.05, 0) is 37.0 Å². The lowest BCUT2D eigenvalue weighted by Crippen LogP contribution is -2.52. The third-order valence-electron chi connectivity index (χ3n) is 4.28. The molecule has 6 nitrogen and oxygen atoms in total. The minimum atomic E-state index is -1.16. The van der Waals surface area contributed by atoms with Crippen molar-refractivity contribution in [3.8, 4) is 11.5 Å². The smallest absolute Gasteiger partial charge is 0.223 e. The van der Waals surface area contributed by atoms with Crippen LogP contribution in [-0.4, -0.2) is 60.5 Å². The molecule has 128 valence electrons. The SMILES string of the molecule is COc1ccc(CCC(=O)N2CCCC(O)(CO)C2)cc1OC. The standard InChI is InChI=1S/C17H25NO5/c1-22-14-6-4-13(10-15(14)23-2)5-7-16(20)18-9-3-8-17(21,11-18)12-19/h4,6,10,19,21H,3,5,7-9,11-12H2,1-2H3. The second-order valence-corrected chi connectivity index (χ2v) is 5.99. The van der Waals surface area contributed by atoms with Gasteiger partial charge in [-0.15, -0.1) is 0 Å². The van der Waals surface area contributed by atoms with Gasteiger partial charge in [0, 0.05) is 13.0 Å². The van der Waals surface area contributed by atoms with E-state index in [0.717, 1.165) is 5.56 Å². The number of rotatable bonds is 6. The first-order valence-electron chi connectivity index (χ1n) is 7.83. The van der Waals surface area contributed by atoms with Crippen LogP contribution < -0.4 is 9.47 Å². The summed E-state index contributed by atoms with van der Waals surface area (Å²) in [5.41, 5.74) is -0.164. The predicted molar refractivity (Wildman–Crippen MR) is 85.7 cm³/mol. The third kappa shape index (κ3) is 4.36. The Labute approximate surface area is 136 Å². The van der Waals surface area contributed by atoms with E-state index in [2.05, 4.69) is 0 Å². The highest BCUT2D eigenvalue weighted by molar-refractivity contribution is 5.76. The van der Waals surface area contributed by atoms with Crippen LogP contribution in [0.3, 0.4) is 0 Å². The van der Waals surface area contributed by atoms with E-state index in [9.17, 15) is 15.0 Å². The van der Waals surface area contributed by atoms with E-state index in [-0.39, 0.29) is 19.1 Å². The van der Waals surface area contributed by atoms with Gasteiger partial charge in [-0.2, -0.15) is 0 Å². The quantitative estimate of drug-likeness (QED) is 0.816. The molecule has 0 aromatic heterocycles. The van der Waals surface area contributed by atoms with Crippen LogP contribution in [0.25, 0.3) is 0 Å². The average Bonchev–Trinajstić information content (AvgIpc) is 2.59. The van der Waals surface area contributed by atoms with Crippen molar-refractivity contribution in [3.05, 3.63) is 23.8 Å². The highest BCUT2D eigenvalue weighted by atomic mass is 16.5. The van der Waals surface area contributed by atoms with E-state index < -0.39 is 5.60 Å². The Morgan fingerprint density at radius 1 is 1.30 bits per heavy atom. The average molecular weight is 323 g/mol. The minimum Gasteiger partial charge on any atom is -0.493 e. The number of β-amino-alcohol motifs (C(OH)–C–C–N with tert-alkyl or cyclic N) is 1. The normalized spacial score (nSPS) is 21.1. The van der Waals surface area contributed by atoms with Crippen molar-refractivity contribution in [2.75, 3.05) is 33.9 Å². The Balaban J connectivity index is 1.94. The van der Waals surface area contributed by atoms with E-state index >= 15 is 0 Å². The van der Waals surface area contributed by atoms with E-state index in [0.29, 0.717) is 43.7 Å². The van der Waals surface area contributed by atoms with Crippen molar-refractivity contribution in [2.45, 2.75) is 31.3 Å². The van der Waals surface area contributed by atoms with E-state index in [1.807, 2.05) is 18.2 Å². The van der Waals surface area contributed by atoms with Crippen LogP contribution >= 0.6 is 0 Å². The fourth-order valence-corrected chi connectivity index (χ4v) is 2.90. The number of hydrogen-bond acceptors (Lipinski definition) is 5. The molecule has 1 aromatic rings. The van der Waals surface area contributed by atoms with Gasteiger partial charge in [0.2, 0.25) is 5.91 Å². The molecule has 1 unspecified atom stereocenters. The zero-order valence-corrected chi connectivity index (χ0v) is 13.7. The molecule has 1 fully saturated rings. The molecule has 1 heterocycles. The summed E-state index contributed by atoms with van der Waals surface area (Å²) in [6.07, 6.45) is 2.19. The fraction of sp³-hybridized carbons (Fsp3) is 0.588. The van der Waals surface area contributed by atoms with Crippen molar-refractivity contribution in [1.29, 1.82) is 0 Å². The zero-order valence-electron chi connectivity index (χ0n) is 13.7. The maximum atomic E-state index is 12.3. The molecule has 6 heteroatoms. The third-order valence-corrected chi connectivity index (χ3v) is 4.28. The van der Waals surface area contributed by atoms with Crippen LogP contribution in [0.15, 0.2) is 18.2 Å².